The molecule has 0 amide bonds. The van der Waals surface area contributed by atoms with Crippen molar-refractivity contribution in [3.8, 4) is 16.9 Å². The summed E-state index contributed by atoms with van der Waals surface area (Å²) in [4.78, 5) is 13.6. The maximum Gasteiger partial charge on any atom is 0.198 e. The Kier molecular flexibility index (Phi) is 3.24. The molecule has 138 valence electrons. The zero-order chi connectivity index (χ0) is 19.5. The van der Waals surface area contributed by atoms with Gasteiger partial charge in [-0.2, -0.15) is 0 Å². The van der Waals surface area contributed by atoms with Gasteiger partial charge in [-0.05, 0) is 35.2 Å². The summed E-state index contributed by atoms with van der Waals surface area (Å²) in [5.74, 6) is 0.608. The van der Waals surface area contributed by atoms with Gasteiger partial charge in [-0.3, -0.25) is 4.79 Å². The first kappa shape index (κ1) is 16.1. The first-order chi connectivity index (χ1) is 14.3. The van der Waals surface area contributed by atoms with E-state index in [2.05, 4.69) is 18.2 Å². The monoisotopic (exact) mass is 376 g/mol. The molecule has 0 aliphatic rings. The Bertz CT molecular complexity index is 1590. The summed E-state index contributed by atoms with van der Waals surface area (Å²) in [6.45, 7) is 0. The largest absolute Gasteiger partial charge is 0.495 e. The maximum atomic E-state index is 13.6. The van der Waals surface area contributed by atoms with E-state index in [9.17, 15) is 4.79 Å². The van der Waals surface area contributed by atoms with E-state index in [4.69, 9.17) is 9.15 Å². The quantitative estimate of drug-likeness (QED) is 0.260. The molecule has 0 spiro atoms. The molecule has 0 aliphatic heterocycles. The molecule has 0 atom stereocenters. The summed E-state index contributed by atoms with van der Waals surface area (Å²) >= 11 is 0. The van der Waals surface area contributed by atoms with Crippen LogP contribution in [0, 0.1) is 0 Å². The van der Waals surface area contributed by atoms with Crippen LogP contribution in [0.5, 0.6) is 5.75 Å². The molecule has 0 N–H and O–H groups in total. The highest BCUT2D eigenvalue weighted by Crippen LogP contribution is 2.43. The van der Waals surface area contributed by atoms with Crippen LogP contribution in [-0.4, -0.2) is 7.11 Å². The molecule has 0 aliphatic carbocycles. The minimum atomic E-state index is -0.0249. The summed E-state index contributed by atoms with van der Waals surface area (Å²) in [6.07, 6.45) is 0. The van der Waals surface area contributed by atoms with Crippen molar-refractivity contribution in [2.24, 2.45) is 0 Å². The molecule has 0 fully saturated rings. The van der Waals surface area contributed by atoms with Crippen molar-refractivity contribution >= 4 is 43.5 Å². The third-order valence-electron chi connectivity index (χ3n) is 5.73. The summed E-state index contributed by atoms with van der Waals surface area (Å²) in [5, 5.41) is 5.58. The number of hydrogen-bond donors (Lipinski definition) is 0. The second-order valence-electron chi connectivity index (χ2n) is 7.22. The van der Waals surface area contributed by atoms with Crippen LogP contribution in [0.15, 0.2) is 88.1 Å². The van der Waals surface area contributed by atoms with Crippen molar-refractivity contribution in [2.45, 2.75) is 0 Å². The Morgan fingerprint density at radius 1 is 0.655 bits per heavy atom. The van der Waals surface area contributed by atoms with Gasteiger partial charge in [-0.25, -0.2) is 0 Å². The highest BCUT2D eigenvalue weighted by Gasteiger charge is 2.22. The number of ether oxygens (including phenoxy) is 1. The Labute approximate surface area is 166 Å². The SMILES string of the molecule is COc1c(-c2ccccc2)c(=O)c2ccc3oc4ccccc4c4ccc1c2c34. The van der Waals surface area contributed by atoms with E-state index in [1.807, 2.05) is 60.7 Å². The van der Waals surface area contributed by atoms with Crippen molar-refractivity contribution in [1.82, 2.24) is 0 Å². The van der Waals surface area contributed by atoms with Crippen LogP contribution in [0.3, 0.4) is 0 Å². The van der Waals surface area contributed by atoms with Gasteiger partial charge in [0.05, 0.1) is 12.7 Å². The minimum Gasteiger partial charge on any atom is -0.495 e. The van der Waals surface area contributed by atoms with Crippen LogP contribution < -0.4 is 10.2 Å². The lowest BCUT2D eigenvalue weighted by Gasteiger charge is -2.17. The predicted octanol–water partition coefficient (Wildman–Crippen LogP) is 6.37. The fraction of sp³-hybridized carbons (Fsp3) is 0.0385. The van der Waals surface area contributed by atoms with E-state index in [-0.39, 0.29) is 5.43 Å². The summed E-state index contributed by atoms with van der Waals surface area (Å²) in [5.41, 5.74) is 3.03. The lowest BCUT2D eigenvalue weighted by molar-refractivity contribution is 0.421. The minimum absolute atomic E-state index is 0.0249. The highest BCUT2D eigenvalue weighted by atomic mass is 16.5. The average molecular weight is 376 g/mol. The van der Waals surface area contributed by atoms with Crippen molar-refractivity contribution in [3.63, 3.8) is 0 Å². The number of benzene rings is 5. The molecule has 1 heterocycles. The van der Waals surface area contributed by atoms with Gasteiger partial charge >= 0.3 is 0 Å². The van der Waals surface area contributed by atoms with Gasteiger partial charge in [0.1, 0.15) is 16.9 Å². The average Bonchev–Trinajstić information content (AvgIpc) is 2.78. The standard InChI is InChI=1S/C26H16O3/c1-28-26-19-12-11-17-16-9-5-6-10-20(16)29-21-14-13-18(23(19)24(17)21)25(27)22(26)15-7-3-2-4-8-15/h2-14H,1H3. The Hall–Kier alpha value is -3.85. The number of hydrogen-bond acceptors (Lipinski definition) is 3. The first-order valence-corrected chi connectivity index (χ1v) is 9.53. The Morgan fingerprint density at radius 3 is 2.21 bits per heavy atom. The van der Waals surface area contributed by atoms with Crippen molar-refractivity contribution in [3.05, 3.63) is 89.1 Å². The zero-order valence-electron chi connectivity index (χ0n) is 15.7. The molecule has 5 aromatic carbocycles. The molecule has 1 aromatic heterocycles. The maximum absolute atomic E-state index is 13.6. The molecular weight excluding hydrogens is 360 g/mol. The summed E-state index contributed by atoms with van der Waals surface area (Å²) in [6, 6.07) is 25.6. The molecule has 0 bridgehead atoms. The highest BCUT2D eigenvalue weighted by molar-refractivity contribution is 6.28. The zero-order valence-corrected chi connectivity index (χ0v) is 15.7. The fourth-order valence-electron chi connectivity index (χ4n) is 4.50. The van der Waals surface area contributed by atoms with Crippen molar-refractivity contribution in [1.29, 1.82) is 0 Å². The molecule has 3 heteroatoms. The van der Waals surface area contributed by atoms with Crippen LogP contribution in [-0.2, 0) is 0 Å². The molecule has 6 aromatic rings. The molecule has 29 heavy (non-hydrogen) atoms. The molecule has 6 rings (SSSR count). The molecule has 0 radical (unpaired) electrons. The van der Waals surface area contributed by atoms with Crippen molar-refractivity contribution < 1.29 is 9.15 Å². The van der Waals surface area contributed by atoms with Crippen LogP contribution in [0.4, 0.5) is 0 Å². The third-order valence-corrected chi connectivity index (χ3v) is 5.73. The molecule has 3 nitrogen and oxygen atoms in total. The molecule has 0 saturated heterocycles. The van der Waals surface area contributed by atoms with Crippen molar-refractivity contribution in [2.75, 3.05) is 7.11 Å². The normalized spacial score (nSPS) is 11.8. The van der Waals surface area contributed by atoms with E-state index in [1.165, 1.54) is 0 Å². The Morgan fingerprint density at radius 2 is 1.38 bits per heavy atom. The molecule has 0 saturated carbocycles. The van der Waals surface area contributed by atoms with Gasteiger partial charge < -0.3 is 9.15 Å². The van der Waals surface area contributed by atoms with Crippen LogP contribution in [0.1, 0.15) is 0 Å². The smallest absolute Gasteiger partial charge is 0.198 e. The van der Waals surface area contributed by atoms with Gasteiger partial charge in [0.25, 0.3) is 0 Å². The number of rotatable bonds is 2. The summed E-state index contributed by atoms with van der Waals surface area (Å²) in [7, 11) is 1.62. The third kappa shape index (κ3) is 2.10. The van der Waals surface area contributed by atoms with Gasteiger partial charge in [-0.15, -0.1) is 0 Å². The van der Waals surface area contributed by atoms with Gasteiger partial charge in [0.2, 0.25) is 0 Å². The van der Waals surface area contributed by atoms with Gasteiger partial charge in [0, 0.05) is 26.9 Å². The van der Waals surface area contributed by atoms with E-state index in [0.29, 0.717) is 16.7 Å². The number of fused-ring (bicyclic) bond motifs is 2. The van der Waals surface area contributed by atoms with Gasteiger partial charge in [0.15, 0.2) is 5.43 Å². The predicted molar refractivity (Wildman–Crippen MR) is 118 cm³/mol. The lowest BCUT2D eigenvalue weighted by Crippen LogP contribution is -2.09. The number of para-hydroxylation sites is 1. The molecule has 0 unspecified atom stereocenters. The van der Waals surface area contributed by atoms with Gasteiger partial charge in [-0.1, -0.05) is 54.6 Å². The van der Waals surface area contributed by atoms with Crippen LogP contribution in [0.25, 0.3) is 54.6 Å². The fourth-order valence-corrected chi connectivity index (χ4v) is 4.50. The second kappa shape index (κ2) is 5.82. The summed E-state index contributed by atoms with van der Waals surface area (Å²) < 4.78 is 12.0. The molecular formula is C26H16O3. The Balaban J connectivity index is 1.89. The van der Waals surface area contributed by atoms with E-state index < -0.39 is 0 Å². The topological polar surface area (TPSA) is 39.4 Å². The number of methoxy groups -OCH3 is 1. The van der Waals surface area contributed by atoms with Crippen LogP contribution >= 0.6 is 0 Å². The second-order valence-corrected chi connectivity index (χ2v) is 7.22. The van der Waals surface area contributed by atoms with Crippen LogP contribution in [0.2, 0.25) is 0 Å². The van der Waals surface area contributed by atoms with E-state index in [0.717, 1.165) is 43.7 Å². The first-order valence-electron chi connectivity index (χ1n) is 9.53. The van der Waals surface area contributed by atoms with E-state index in [1.54, 1.807) is 7.11 Å². The van der Waals surface area contributed by atoms with E-state index >= 15 is 0 Å². The lowest BCUT2D eigenvalue weighted by atomic mass is 9.91.